The molecule has 61 heavy (non-hydrogen) atoms. The number of hydrogen-bond donors (Lipinski definition) is 3. The Bertz CT molecular complexity index is 1090. The molecule has 0 aromatic carbocycles. The van der Waals surface area contributed by atoms with Crippen LogP contribution in [-0.2, 0) is 14.3 Å². The average molecular weight is 854 g/mol. The predicted molar refractivity (Wildman–Crippen MR) is 264 cm³/mol. The average Bonchev–Trinajstić information content (AvgIpc) is 3.25. The van der Waals surface area contributed by atoms with Crippen molar-refractivity contribution in [3.05, 3.63) is 60.8 Å². The number of aliphatic hydroxyl groups is 2. The molecule has 0 saturated heterocycles. The fourth-order valence-corrected chi connectivity index (χ4v) is 7.81. The van der Waals surface area contributed by atoms with Crippen LogP contribution in [0.15, 0.2) is 60.8 Å². The number of rotatable bonds is 46. The van der Waals surface area contributed by atoms with Crippen molar-refractivity contribution in [2.45, 2.75) is 270 Å². The van der Waals surface area contributed by atoms with E-state index in [9.17, 15) is 19.8 Å². The van der Waals surface area contributed by atoms with E-state index in [0.717, 1.165) is 44.9 Å². The minimum atomic E-state index is -0.817. The Morgan fingerprint density at radius 2 is 0.852 bits per heavy atom. The van der Waals surface area contributed by atoms with Gasteiger partial charge in [-0.25, -0.2) is 0 Å². The Morgan fingerprint density at radius 3 is 1.25 bits per heavy atom. The van der Waals surface area contributed by atoms with Gasteiger partial charge in [0.05, 0.1) is 25.2 Å². The molecule has 354 valence electrons. The maximum atomic E-state index is 13.2. The molecular formula is C55H99NO5. The normalized spacial score (nSPS) is 13.7. The summed E-state index contributed by atoms with van der Waals surface area (Å²) in [5, 5.41) is 23.7. The maximum absolute atomic E-state index is 13.2. The second-order valence-electron chi connectivity index (χ2n) is 17.7. The molecule has 0 heterocycles. The van der Waals surface area contributed by atoms with Gasteiger partial charge in [0.25, 0.3) is 0 Å². The van der Waals surface area contributed by atoms with Crippen LogP contribution >= 0.6 is 0 Å². The summed E-state index contributed by atoms with van der Waals surface area (Å²) in [7, 11) is 0. The van der Waals surface area contributed by atoms with Crippen molar-refractivity contribution in [3.8, 4) is 0 Å². The number of hydrogen-bond acceptors (Lipinski definition) is 5. The molecule has 3 atom stereocenters. The fraction of sp³-hybridized carbons (Fsp3) is 0.782. The Morgan fingerprint density at radius 1 is 0.492 bits per heavy atom. The van der Waals surface area contributed by atoms with E-state index in [1.807, 2.05) is 54.7 Å². The monoisotopic (exact) mass is 854 g/mol. The molecule has 0 saturated carbocycles. The number of carbonyl (C=O) groups excluding carboxylic acids is 2. The van der Waals surface area contributed by atoms with Gasteiger partial charge < -0.3 is 20.3 Å². The first kappa shape index (κ1) is 58.6. The van der Waals surface area contributed by atoms with Crippen LogP contribution in [0.2, 0.25) is 0 Å². The van der Waals surface area contributed by atoms with Crippen molar-refractivity contribution < 1.29 is 24.5 Å². The van der Waals surface area contributed by atoms with Crippen LogP contribution in [0, 0.1) is 0 Å². The largest absolute Gasteiger partial charge is 0.461 e. The van der Waals surface area contributed by atoms with Gasteiger partial charge in [0.15, 0.2) is 0 Å². The van der Waals surface area contributed by atoms with Crippen molar-refractivity contribution in [1.82, 2.24) is 5.32 Å². The van der Waals surface area contributed by atoms with E-state index in [2.05, 4.69) is 32.2 Å². The molecule has 0 aromatic heterocycles. The zero-order valence-electron chi connectivity index (χ0n) is 40.3. The van der Waals surface area contributed by atoms with Gasteiger partial charge in [-0.3, -0.25) is 9.59 Å². The first-order chi connectivity index (χ1) is 30.0. The lowest BCUT2D eigenvalue weighted by atomic mass is 10.0. The number of nitrogens with one attached hydrogen (secondary N) is 1. The quantitative estimate of drug-likeness (QED) is 0.0322. The third kappa shape index (κ3) is 44.0. The number of carbonyl (C=O) groups is 2. The number of aliphatic hydroxyl groups excluding tert-OH is 2. The number of unbranched alkanes of at least 4 members (excludes halogenated alkanes) is 29. The number of ether oxygens (including phenoxy) is 1. The Labute approximate surface area is 378 Å². The lowest BCUT2D eigenvalue weighted by molar-refractivity contribution is -0.150. The molecule has 0 aliphatic carbocycles. The van der Waals surface area contributed by atoms with Crippen molar-refractivity contribution in [3.63, 3.8) is 0 Å². The van der Waals surface area contributed by atoms with Crippen LogP contribution < -0.4 is 5.32 Å². The first-order valence-electron chi connectivity index (χ1n) is 26.1. The van der Waals surface area contributed by atoms with Gasteiger partial charge in [-0.05, 0) is 19.3 Å². The molecule has 0 radical (unpaired) electrons. The van der Waals surface area contributed by atoms with E-state index in [1.54, 1.807) is 0 Å². The molecule has 0 aliphatic heterocycles. The number of amides is 1. The van der Waals surface area contributed by atoms with Gasteiger partial charge in [0.2, 0.25) is 5.91 Å². The van der Waals surface area contributed by atoms with Crippen LogP contribution in [0.1, 0.15) is 252 Å². The van der Waals surface area contributed by atoms with Gasteiger partial charge in [-0.15, -0.1) is 0 Å². The second kappa shape index (κ2) is 48.6. The zero-order valence-corrected chi connectivity index (χ0v) is 40.3. The standard InChI is InChI=1S/C55H99NO5/c1-4-7-10-13-16-19-22-24-26-28-29-32-35-38-41-44-47-53(58)52(50-57)56-54(59)49-51(46-43-40-37-34-31-21-18-15-12-9-6-3)61-55(60)48-45-42-39-36-33-30-27-25-23-20-17-14-11-8-5-2/h9,12,15,18,21,31,34,37,40,43,51-53,57-58H,4-8,10-11,13-14,16-17,19-20,22-30,32-33,35-36,38-39,41-42,44-50H2,1-3H3,(H,56,59)/b12-9+,18-15+,31-21-,37-34-,43-40+. The van der Waals surface area contributed by atoms with Gasteiger partial charge in [-0.2, -0.15) is 0 Å². The highest BCUT2D eigenvalue weighted by atomic mass is 16.5. The summed E-state index contributed by atoms with van der Waals surface area (Å²) in [6.45, 7) is 6.31. The summed E-state index contributed by atoms with van der Waals surface area (Å²) in [6, 6.07) is -0.739. The van der Waals surface area contributed by atoms with E-state index >= 15 is 0 Å². The summed E-state index contributed by atoms with van der Waals surface area (Å²) in [4.78, 5) is 26.1. The van der Waals surface area contributed by atoms with Gasteiger partial charge in [0.1, 0.15) is 6.10 Å². The fourth-order valence-electron chi connectivity index (χ4n) is 7.81. The van der Waals surface area contributed by atoms with Crippen molar-refractivity contribution in [1.29, 1.82) is 0 Å². The smallest absolute Gasteiger partial charge is 0.306 e. The van der Waals surface area contributed by atoms with Gasteiger partial charge >= 0.3 is 5.97 Å². The van der Waals surface area contributed by atoms with Crippen molar-refractivity contribution in [2.75, 3.05) is 6.61 Å². The molecule has 0 aromatic rings. The zero-order chi connectivity index (χ0) is 44.5. The maximum Gasteiger partial charge on any atom is 0.306 e. The molecule has 0 fully saturated rings. The third-order valence-corrected chi connectivity index (χ3v) is 11.7. The SMILES string of the molecule is CC/C=C/C=C/C=C\C=C/C=C/CC(CC(=O)NC(CO)C(O)CCCCCCCCCCCCCCCCCC)OC(=O)CCCCCCCCCCCCCCCCC. The molecule has 0 spiro atoms. The van der Waals surface area contributed by atoms with Crippen molar-refractivity contribution in [2.24, 2.45) is 0 Å². The summed E-state index contributed by atoms with van der Waals surface area (Å²) in [6.07, 6.45) is 60.3. The number of esters is 1. The molecule has 6 heteroatoms. The van der Waals surface area contributed by atoms with Gasteiger partial charge in [0, 0.05) is 12.8 Å². The van der Waals surface area contributed by atoms with E-state index < -0.39 is 18.2 Å². The summed E-state index contributed by atoms with van der Waals surface area (Å²) in [5.74, 6) is -0.601. The second-order valence-corrected chi connectivity index (χ2v) is 17.7. The van der Waals surface area contributed by atoms with E-state index in [-0.39, 0.29) is 24.9 Å². The third-order valence-electron chi connectivity index (χ3n) is 11.7. The molecule has 0 bridgehead atoms. The summed E-state index contributed by atoms with van der Waals surface area (Å²) < 4.78 is 5.84. The number of allylic oxidation sites excluding steroid dienone is 9. The summed E-state index contributed by atoms with van der Waals surface area (Å²) >= 11 is 0. The molecular weight excluding hydrogens is 755 g/mol. The highest BCUT2D eigenvalue weighted by molar-refractivity contribution is 5.77. The van der Waals surface area contributed by atoms with Crippen LogP contribution in [-0.4, -0.2) is 46.9 Å². The first-order valence-corrected chi connectivity index (χ1v) is 26.1. The lowest BCUT2D eigenvalue weighted by Gasteiger charge is -2.24. The topological polar surface area (TPSA) is 95.9 Å². The predicted octanol–water partition coefficient (Wildman–Crippen LogP) is 15.6. The van der Waals surface area contributed by atoms with Crippen LogP contribution in [0.25, 0.3) is 0 Å². The Hall–Kier alpha value is -2.44. The van der Waals surface area contributed by atoms with Crippen LogP contribution in [0.3, 0.4) is 0 Å². The molecule has 0 aliphatic rings. The molecule has 6 nitrogen and oxygen atoms in total. The molecule has 3 N–H and O–H groups in total. The van der Waals surface area contributed by atoms with E-state index in [1.165, 1.54) is 161 Å². The van der Waals surface area contributed by atoms with E-state index in [0.29, 0.717) is 19.3 Å². The van der Waals surface area contributed by atoms with E-state index in [4.69, 9.17) is 4.74 Å². The van der Waals surface area contributed by atoms with Crippen LogP contribution in [0.5, 0.6) is 0 Å². The minimum Gasteiger partial charge on any atom is -0.461 e. The van der Waals surface area contributed by atoms with Crippen molar-refractivity contribution >= 4 is 11.9 Å². The lowest BCUT2D eigenvalue weighted by Crippen LogP contribution is -2.46. The highest BCUT2D eigenvalue weighted by Crippen LogP contribution is 2.17. The highest BCUT2D eigenvalue weighted by Gasteiger charge is 2.23. The molecule has 3 unspecified atom stereocenters. The van der Waals surface area contributed by atoms with Crippen LogP contribution in [0.4, 0.5) is 0 Å². The minimum absolute atomic E-state index is 0.0170. The Balaban J connectivity index is 4.58. The van der Waals surface area contributed by atoms with Gasteiger partial charge in [-0.1, -0.05) is 274 Å². The Kier molecular flexibility index (Phi) is 46.6. The summed E-state index contributed by atoms with van der Waals surface area (Å²) in [5.41, 5.74) is 0. The molecule has 0 rings (SSSR count). The molecule has 1 amide bonds.